The van der Waals surface area contributed by atoms with Gasteiger partial charge in [0, 0.05) is 13.3 Å². The van der Waals surface area contributed by atoms with Gasteiger partial charge < -0.3 is 24.1 Å². The summed E-state index contributed by atoms with van der Waals surface area (Å²) in [5.74, 6) is -3.81. The Balaban J connectivity index is 1.71. The van der Waals surface area contributed by atoms with Crippen molar-refractivity contribution in [3.63, 3.8) is 0 Å². The first kappa shape index (κ1) is 28.0. The van der Waals surface area contributed by atoms with E-state index in [0.29, 0.717) is 0 Å². The first-order valence-electron chi connectivity index (χ1n) is 13.4. The molecule has 9 heteroatoms. The van der Waals surface area contributed by atoms with Crippen molar-refractivity contribution in [2.75, 3.05) is 0 Å². The zero-order chi connectivity index (χ0) is 29.0. The zero-order valence-corrected chi connectivity index (χ0v) is 23.2. The van der Waals surface area contributed by atoms with E-state index < -0.39 is 76.6 Å². The molecule has 8 atom stereocenters. The lowest BCUT2D eigenvalue weighted by atomic mass is 9.48. The fraction of sp³-hybridized carbons (Fsp3) is 0.484. The summed E-state index contributed by atoms with van der Waals surface area (Å²) >= 11 is 0. The van der Waals surface area contributed by atoms with Crippen LogP contribution in [-0.2, 0) is 28.5 Å². The molecule has 1 N–H and O–H groups in total. The number of carbonyl (C=O) groups is 4. The summed E-state index contributed by atoms with van der Waals surface area (Å²) in [6.45, 7) is 8.21. The maximum Gasteiger partial charge on any atom is 0.338 e. The van der Waals surface area contributed by atoms with Crippen LogP contribution in [0.4, 0.5) is 0 Å². The number of aliphatic hydroxyl groups is 1. The molecule has 0 radical (unpaired) electrons. The van der Waals surface area contributed by atoms with E-state index in [9.17, 15) is 24.3 Å². The highest BCUT2D eigenvalue weighted by Gasteiger charge is 2.82. The van der Waals surface area contributed by atoms with Crippen LogP contribution in [0.1, 0.15) is 61.8 Å². The molecule has 5 rings (SSSR count). The van der Waals surface area contributed by atoms with Gasteiger partial charge >= 0.3 is 17.9 Å². The van der Waals surface area contributed by atoms with Gasteiger partial charge in [0.1, 0.15) is 23.9 Å². The second-order valence-electron chi connectivity index (χ2n) is 11.7. The minimum atomic E-state index is -1.66. The van der Waals surface area contributed by atoms with Crippen LogP contribution in [0.2, 0.25) is 0 Å². The molecule has 0 amide bonds. The van der Waals surface area contributed by atoms with Crippen LogP contribution in [0.5, 0.6) is 0 Å². The van der Waals surface area contributed by atoms with Crippen molar-refractivity contribution in [2.24, 2.45) is 17.3 Å². The molecule has 9 nitrogen and oxygen atoms in total. The van der Waals surface area contributed by atoms with Crippen molar-refractivity contribution in [3.8, 4) is 0 Å². The van der Waals surface area contributed by atoms with Crippen LogP contribution in [0.3, 0.4) is 0 Å². The minimum absolute atomic E-state index is 0.0366. The Labute approximate surface area is 232 Å². The molecule has 2 saturated carbocycles. The molecule has 0 aromatic heterocycles. The number of Topliss-reactive ketones (excluding diaryl/α,β-unsaturated/α-hetero) is 1. The molecule has 2 aromatic rings. The summed E-state index contributed by atoms with van der Waals surface area (Å²) in [4.78, 5) is 52.6. The lowest BCUT2D eigenvalue weighted by Crippen LogP contribution is -2.78. The molecule has 40 heavy (non-hydrogen) atoms. The molecule has 1 saturated heterocycles. The number of fused-ring (bicyclic) bond motifs is 1. The summed E-state index contributed by atoms with van der Waals surface area (Å²) in [5.41, 5.74) is -3.67. The van der Waals surface area contributed by atoms with Gasteiger partial charge in [-0.05, 0) is 51.0 Å². The molecule has 212 valence electrons. The Morgan fingerprint density at radius 2 is 1.38 bits per heavy atom. The van der Waals surface area contributed by atoms with Crippen molar-refractivity contribution in [1.29, 1.82) is 0 Å². The smallest absolute Gasteiger partial charge is 0.338 e. The Kier molecular flexibility index (Phi) is 6.87. The standard InChI is InChI=1S/C31H34O9/c1-17-16-21(33)24(34)30(5)26(39-28(36)20-14-10-7-11-15-20)23(38-27(35)19-12-8-6-9-13-19)22-25(37-18(2)32)31(17,30)40-29(22,3)4/h6-15,17,22-26,34H,16H2,1-5H3/t17-,22-,23+,24+,25-,26+,30+,31-/m1/s1. The highest BCUT2D eigenvalue weighted by atomic mass is 16.6. The van der Waals surface area contributed by atoms with E-state index in [1.807, 2.05) is 0 Å². The van der Waals surface area contributed by atoms with E-state index in [1.165, 1.54) is 6.92 Å². The van der Waals surface area contributed by atoms with E-state index in [4.69, 9.17) is 18.9 Å². The third-order valence-electron chi connectivity index (χ3n) is 8.97. The number of hydrogen-bond acceptors (Lipinski definition) is 9. The number of rotatable bonds is 5. The maximum atomic E-state index is 13.5. The minimum Gasteiger partial charge on any atom is -0.459 e. The molecule has 2 aromatic carbocycles. The summed E-state index contributed by atoms with van der Waals surface area (Å²) in [6, 6.07) is 16.6. The van der Waals surface area contributed by atoms with Crippen molar-refractivity contribution in [1.82, 2.24) is 0 Å². The largest absolute Gasteiger partial charge is 0.459 e. The summed E-state index contributed by atoms with van der Waals surface area (Å²) in [5, 5.41) is 11.6. The number of ether oxygens (including phenoxy) is 4. The number of ketones is 1. The Bertz CT molecular complexity index is 1320. The first-order valence-corrected chi connectivity index (χ1v) is 13.4. The van der Waals surface area contributed by atoms with Crippen LogP contribution >= 0.6 is 0 Å². The predicted molar refractivity (Wildman–Crippen MR) is 141 cm³/mol. The van der Waals surface area contributed by atoms with E-state index in [-0.39, 0.29) is 17.5 Å². The Hall–Kier alpha value is -3.56. The van der Waals surface area contributed by atoms with E-state index in [0.717, 1.165) is 0 Å². The van der Waals surface area contributed by atoms with Crippen molar-refractivity contribution in [2.45, 2.75) is 76.7 Å². The van der Waals surface area contributed by atoms with E-state index in [1.54, 1.807) is 88.4 Å². The number of benzene rings is 2. The van der Waals surface area contributed by atoms with Crippen molar-refractivity contribution >= 4 is 23.7 Å². The highest BCUT2D eigenvalue weighted by molar-refractivity contribution is 5.91. The maximum absolute atomic E-state index is 13.5. The van der Waals surface area contributed by atoms with E-state index in [2.05, 4.69) is 0 Å². The Morgan fingerprint density at radius 3 is 1.90 bits per heavy atom. The molecule has 3 aliphatic rings. The molecular formula is C31H34O9. The lowest BCUT2D eigenvalue weighted by Gasteiger charge is -2.61. The average molecular weight is 551 g/mol. The second-order valence-corrected chi connectivity index (χ2v) is 11.7. The quantitative estimate of drug-likeness (QED) is 0.440. The number of carbonyl (C=O) groups excluding carboxylic acids is 4. The van der Waals surface area contributed by atoms with Crippen molar-refractivity contribution < 1.29 is 43.2 Å². The monoisotopic (exact) mass is 550 g/mol. The van der Waals surface area contributed by atoms with Crippen LogP contribution in [-0.4, -0.2) is 64.4 Å². The summed E-state index contributed by atoms with van der Waals surface area (Å²) < 4.78 is 25.0. The molecule has 1 heterocycles. The van der Waals surface area contributed by atoms with Crippen LogP contribution in [0.15, 0.2) is 60.7 Å². The molecule has 1 aliphatic heterocycles. The highest BCUT2D eigenvalue weighted by Crippen LogP contribution is 2.67. The third-order valence-corrected chi connectivity index (χ3v) is 8.97. The average Bonchev–Trinajstić information content (AvgIpc) is 3.12. The number of hydrogen-bond donors (Lipinski definition) is 1. The topological polar surface area (TPSA) is 125 Å². The van der Waals surface area contributed by atoms with Crippen molar-refractivity contribution in [3.05, 3.63) is 71.8 Å². The van der Waals surface area contributed by atoms with Gasteiger partial charge in [0.25, 0.3) is 0 Å². The Morgan fingerprint density at radius 1 is 0.850 bits per heavy atom. The fourth-order valence-corrected chi connectivity index (χ4v) is 7.30. The molecule has 1 spiro atoms. The van der Waals surface area contributed by atoms with Gasteiger partial charge in [0.15, 0.2) is 11.9 Å². The molecule has 2 bridgehead atoms. The number of aliphatic hydroxyl groups excluding tert-OH is 1. The second kappa shape index (κ2) is 9.82. The molecule has 0 unspecified atom stereocenters. The van der Waals surface area contributed by atoms with Crippen LogP contribution in [0, 0.1) is 17.3 Å². The van der Waals surface area contributed by atoms with Gasteiger partial charge in [-0.25, -0.2) is 9.59 Å². The first-order chi connectivity index (χ1) is 18.8. The van der Waals surface area contributed by atoms with Gasteiger partial charge in [-0.15, -0.1) is 0 Å². The normalized spacial score (nSPS) is 35.8. The van der Waals surface area contributed by atoms with Gasteiger partial charge in [0.05, 0.1) is 28.1 Å². The molecule has 2 aliphatic carbocycles. The molecular weight excluding hydrogens is 516 g/mol. The zero-order valence-electron chi connectivity index (χ0n) is 23.2. The summed E-state index contributed by atoms with van der Waals surface area (Å²) in [6.07, 6.45) is -5.28. The van der Waals surface area contributed by atoms with E-state index >= 15 is 0 Å². The lowest BCUT2D eigenvalue weighted by molar-refractivity contribution is -0.286. The van der Waals surface area contributed by atoms with Crippen LogP contribution in [0.25, 0.3) is 0 Å². The van der Waals surface area contributed by atoms with Gasteiger partial charge in [-0.1, -0.05) is 43.3 Å². The third kappa shape index (κ3) is 4.06. The van der Waals surface area contributed by atoms with Gasteiger partial charge in [0.2, 0.25) is 0 Å². The predicted octanol–water partition coefficient (Wildman–Crippen LogP) is 3.52. The van der Waals surface area contributed by atoms with Crippen LogP contribution < -0.4 is 0 Å². The fourth-order valence-electron chi connectivity index (χ4n) is 7.30. The summed E-state index contributed by atoms with van der Waals surface area (Å²) in [7, 11) is 0. The SMILES string of the molecule is CC(=O)O[C@@H]1[C@H]2[C@H](OC(=O)c3ccccc3)[C@H](OC(=O)c3ccccc3)[C@]3(C)[C@@H](O)C(=O)C[C@@H](C)[C@@]13OC2(C)C. The van der Waals surface area contributed by atoms with Gasteiger partial charge in [-0.3, -0.25) is 9.59 Å². The molecule has 3 fully saturated rings. The van der Waals surface area contributed by atoms with Gasteiger partial charge in [-0.2, -0.15) is 0 Å². The number of esters is 3.